The van der Waals surface area contributed by atoms with Crippen LogP contribution in [-0.2, 0) is 0 Å². The Morgan fingerprint density at radius 1 is 1.16 bits per heavy atom. The van der Waals surface area contributed by atoms with Gasteiger partial charge in [0.1, 0.15) is 17.5 Å². The van der Waals surface area contributed by atoms with E-state index >= 15 is 0 Å². The Morgan fingerprint density at radius 3 is 2.21 bits per heavy atom. The Labute approximate surface area is 115 Å². The number of nitrogen functional groups attached to an aromatic ring is 1. The first-order chi connectivity index (χ1) is 9.16. The van der Waals surface area contributed by atoms with Crippen LogP contribution in [-0.4, -0.2) is 15.5 Å². The molecule has 0 spiro atoms. The summed E-state index contributed by atoms with van der Waals surface area (Å²) in [6.45, 7) is 6.64. The standard InChI is InChI=1S/C14H25N5/c1-4-14(5-2,6-3)18-11-9-12(19-15)17-13(16-11)10-7-8-10/h9-10H,4-8,15H2,1-3H3,(H2,16,17,18,19). The van der Waals surface area contributed by atoms with Crippen LogP contribution in [0.2, 0.25) is 0 Å². The second-order valence-electron chi connectivity index (χ2n) is 5.38. The van der Waals surface area contributed by atoms with Crippen LogP contribution in [0.15, 0.2) is 6.07 Å². The monoisotopic (exact) mass is 263 g/mol. The van der Waals surface area contributed by atoms with E-state index in [-0.39, 0.29) is 5.54 Å². The number of rotatable bonds is 7. The molecule has 4 N–H and O–H groups in total. The first-order valence-corrected chi connectivity index (χ1v) is 7.30. The van der Waals surface area contributed by atoms with Crippen LogP contribution in [0.25, 0.3) is 0 Å². The lowest BCUT2D eigenvalue weighted by Crippen LogP contribution is -2.36. The number of nitrogens with zero attached hydrogens (tertiary/aromatic N) is 2. The van der Waals surface area contributed by atoms with E-state index in [0.717, 1.165) is 30.9 Å². The fourth-order valence-corrected chi connectivity index (χ4v) is 2.41. The van der Waals surface area contributed by atoms with Gasteiger partial charge < -0.3 is 10.7 Å². The molecule has 19 heavy (non-hydrogen) atoms. The molecule has 1 aliphatic rings. The lowest BCUT2D eigenvalue weighted by atomic mass is 9.90. The van der Waals surface area contributed by atoms with Gasteiger partial charge in [-0.3, -0.25) is 0 Å². The van der Waals surface area contributed by atoms with E-state index in [1.165, 1.54) is 12.8 Å². The summed E-state index contributed by atoms with van der Waals surface area (Å²) in [7, 11) is 0. The third kappa shape index (κ3) is 3.15. The van der Waals surface area contributed by atoms with Crippen molar-refractivity contribution in [2.24, 2.45) is 5.84 Å². The van der Waals surface area contributed by atoms with E-state index in [2.05, 4.69) is 41.5 Å². The Hall–Kier alpha value is -1.36. The van der Waals surface area contributed by atoms with Gasteiger partial charge in [0.25, 0.3) is 0 Å². The SMILES string of the molecule is CCC(CC)(CC)Nc1cc(NN)nc(C2CC2)n1. The second kappa shape index (κ2) is 5.74. The highest BCUT2D eigenvalue weighted by Crippen LogP contribution is 2.39. The van der Waals surface area contributed by atoms with Crippen molar-refractivity contribution in [1.29, 1.82) is 0 Å². The lowest BCUT2D eigenvalue weighted by molar-refractivity contribution is 0.418. The normalized spacial score (nSPS) is 15.4. The van der Waals surface area contributed by atoms with Crippen molar-refractivity contribution in [3.8, 4) is 0 Å². The molecule has 0 bridgehead atoms. The van der Waals surface area contributed by atoms with Gasteiger partial charge in [-0.25, -0.2) is 15.8 Å². The van der Waals surface area contributed by atoms with Crippen molar-refractivity contribution in [1.82, 2.24) is 9.97 Å². The third-order valence-electron chi connectivity index (χ3n) is 4.26. The van der Waals surface area contributed by atoms with E-state index in [4.69, 9.17) is 5.84 Å². The van der Waals surface area contributed by atoms with E-state index in [1.54, 1.807) is 0 Å². The molecule has 1 fully saturated rings. The number of anilines is 2. The van der Waals surface area contributed by atoms with Crippen molar-refractivity contribution < 1.29 is 0 Å². The lowest BCUT2D eigenvalue weighted by Gasteiger charge is -2.32. The summed E-state index contributed by atoms with van der Waals surface area (Å²) in [5, 5.41) is 3.59. The third-order valence-corrected chi connectivity index (χ3v) is 4.26. The van der Waals surface area contributed by atoms with Gasteiger partial charge in [0.2, 0.25) is 0 Å². The zero-order chi connectivity index (χ0) is 13.9. The van der Waals surface area contributed by atoms with Gasteiger partial charge in [-0.2, -0.15) is 0 Å². The maximum Gasteiger partial charge on any atom is 0.145 e. The fraction of sp³-hybridized carbons (Fsp3) is 0.714. The highest BCUT2D eigenvalue weighted by atomic mass is 15.3. The summed E-state index contributed by atoms with van der Waals surface area (Å²) in [6.07, 6.45) is 5.61. The number of nitrogens with two attached hydrogens (primary N) is 1. The summed E-state index contributed by atoms with van der Waals surface area (Å²) in [5.41, 5.74) is 2.75. The van der Waals surface area contributed by atoms with Crippen LogP contribution in [0.1, 0.15) is 64.6 Å². The van der Waals surface area contributed by atoms with E-state index in [1.807, 2.05) is 6.07 Å². The van der Waals surface area contributed by atoms with E-state index < -0.39 is 0 Å². The molecule has 1 heterocycles. The van der Waals surface area contributed by atoms with E-state index in [9.17, 15) is 0 Å². The van der Waals surface area contributed by atoms with Crippen molar-refractivity contribution >= 4 is 11.6 Å². The van der Waals surface area contributed by atoms with Gasteiger partial charge in [-0.1, -0.05) is 20.8 Å². The van der Waals surface area contributed by atoms with Gasteiger partial charge in [0.15, 0.2) is 0 Å². The summed E-state index contributed by atoms with van der Waals surface area (Å²) in [5.74, 6) is 8.51. The first kappa shape index (κ1) is 14.1. The highest BCUT2D eigenvalue weighted by Gasteiger charge is 2.29. The minimum Gasteiger partial charge on any atom is -0.364 e. The molecule has 106 valence electrons. The number of hydrogen-bond donors (Lipinski definition) is 3. The van der Waals surface area contributed by atoms with Crippen molar-refractivity contribution in [2.45, 2.75) is 64.3 Å². The van der Waals surface area contributed by atoms with Crippen LogP contribution in [0, 0.1) is 0 Å². The number of hydrazine groups is 1. The van der Waals surface area contributed by atoms with Gasteiger partial charge in [0, 0.05) is 17.5 Å². The molecule has 0 amide bonds. The largest absolute Gasteiger partial charge is 0.364 e. The molecule has 1 aliphatic carbocycles. The van der Waals surface area contributed by atoms with Crippen molar-refractivity contribution in [3.05, 3.63) is 11.9 Å². The van der Waals surface area contributed by atoms with Crippen LogP contribution in [0.3, 0.4) is 0 Å². The quantitative estimate of drug-likeness (QED) is 0.521. The molecule has 1 saturated carbocycles. The molecule has 0 radical (unpaired) electrons. The van der Waals surface area contributed by atoms with Crippen molar-refractivity contribution in [3.63, 3.8) is 0 Å². The maximum absolute atomic E-state index is 5.50. The average molecular weight is 263 g/mol. The molecule has 2 rings (SSSR count). The molecule has 0 atom stereocenters. The topological polar surface area (TPSA) is 75.9 Å². The number of aromatic nitrogens is 2. The predicted octanol–water partition coefficient (Wildman–Crippen LogP) is 3.02. The summed E-state index contributed by atoms with van der Waals surface area (Å²) in [6, 6.07) is 1.89. The minimum atomic E-state index is 0.112. The van der Waals surface area contributed by atoms with Crippen LogP contribution < -0.4 is 16.6 Å². The zero-order valence-electron chi connectivity index (χ0n) is 12.2. The minimum absolute atomic E-state index is 0.112. The molecular weight excluding hydrogens is 238 g/mol. The molecule has 5 nitrogen and oxygen atoms in total. The van der Waals surface area contributed by atoms with Crippen LogP contribution in [0.4, 0.5) is 11.6 Å². The number of nitrogens with one attached hydrogen (secondary N) is 2. The highest BCUT2D eigenvalue weighted by molar-refractivity contribution is 5.49. The Balaban J connectivity index is 2.25. The van der Waals surface area contributed by atoms with Gasteiger partial charge in [0.05, 0.1) is 0 Å². The molecule has 0 unspecified atom stereocenters. The summed E-state index contributed by atoms with van der Waals surface area (Å²) in [4.78, 5) is 9.09. The van der Waals surface area contributed by atoms with Crippen LogP contribution >= 0.6 is 0 Å². The Bertz CT molecular complexity index is 416. The molecule has 5 heteroatoms. The smallest absolute Gasteiger partial charge is 0.145 e. The molecule has 0 saturated heterocycles. The van der Waals surface area contributed by atoms with Crippen LogP contribution in [0.5, 0.6) is 0 Å². The fourth-order valence-electron chi connectivity index (χ4n) is 2.41. The summed E-state index contributed by atoms with van der Waals surface area (Å²) < 4.78 is 0. The average Bonchev–Trinajstić information content (AvgIpc) is 3.29. The molecule has 0 aliphatic heterocycles. The molecule has 1 aromatic rings. The number of hydrogen-bond acceptors (Lipinski definition) is 5. The van der Waals surface area contributed by atoms with Crippen molar-refractivity contribution in [2.75, 3.05) is 10.7 Å². The summed E-state index contributed by atoms with van der Waals surface area (Å²) >= 11 is 0. The Kier molecular flexibility index (Phi) is 4.24. The second-order valence-corrected chi connectivity index (χ2v) is 5.38. The Morgan fingerprint density at radius 2 is 1.74 bits per heavy atom. The zero-order valence-corrected chi connectivity index (χ0v) is 12.2. The van der Waals surface area contributed by atoms with E-state index in [0.29, 0.717) is 11.7 Å². The maximum atomic E-state index is 5.50. The molecular formula is C14H25N5. The molecule has 0 aromatic carbocycles. The van der Waals surface area contributed by atoms with Gasteiger partial charge in [-0.05, 0) is 32.1 Å². The van der Waals surface area contributed by atoms with Gasteiger partial charge >= 0.3 is 0 Å². The first-order valence-electron chi connectivity index (χ1n) is 7.30. The molecule has 1 aromatic heterocycles. The van der Waals surface area contributed by atoms with Gasteiger partial charge in [-0.15, -0.1) is 0 Å². The predicted molar refractivity (Wildman–Crippen MR) is 79.0 cm³/mol.